The molecule has 1 amide bonds. The van der Waals surface area contributed by atoms with Gasteiger partial charge in [-0.2, -0.15) is 0 Å². The number of hydrogen-bond donors (Lipinski definition) is 2. The molecule has 5 nitrogen and oxygen atoms in total. The predicted molar refractivity (Wildman–Crippen MR) is 73.6 cm³/mol. The summed E-state index contributed by atoms with van der Waals surface area (Å²) >= 11 is 0. The van der Waals surface area contributed by atoms with Crippen molar-refractivity contribution in [2.45, 2.75) is 65.6 Å². The van der Waals surface area contributed by atoms with E-state index in [1.807, 2.05) is 41.5 Å². The van der Waals surface area contributed by atoms with Crippen molar-refractivity contribution in [2.75, 3.05) is 6.61 Å². The summed E-state index contributed by atoms with van der Waals surface area (Å²) in [6, 6.07) is -0.808. The van der Waals surface area contributed by atoms with Gasteiger partial charge in [0.25, 0.3) is 0 Å². The minimum atomic E-state index is -0.428. The molecule has 1 saturated heterocycles. The first-order chi connectivity index (χ1) is 8.50. The number of rotatable bonds is 3. The van der Waals surface area contributed by atoms with Crippen molar-refractivity contribution in [3.05, 3.63) is 0 Å². The zero-order valence-corrected chi connectivity index (χ0v) is 12.8. The van der Waals surface area contributed by atoms with E-state index in [9.17, 15) is 9.59 Å². The molecule has 0 aromatic rings. The quantitative estimate of drug-likeness (QED) is 0.757. The maximum absolute atomic E-state index is 12.4. The maximum atomic E-state index is 12.4. The van der Waals surface area contributed by atoms with Crippen LogP contribution in [0.1, 0.15) is 48.0 Å². The van der Waals surface area contributed by atoms with E-state index in [2.05, 4.69) is 10.6 Å². The zero-order valence-electron chi connectivity index (χ0n) is 12.8. The van der Waals surface area contributed by atoms with Crippen molar-refractivity contribution in [3.63, 3.8) is 0 Å². The molecule has 0 unspecified atom stereocenters. The van der Waals surface area contributed by atoms with Gasteiger partial charge in [-0.05, 0) is 26.2 Å². The topological polar surface area (TPSA) is 67.4 Å². The average molecular weight is 270 g/mol. The van der Waals surface area contributed by atoms with Crippen molar-refractivity contribution < 1.29 is 14.3 Å². The van der Waals surface area contributed by atoms with Gasteiger partial charge in [-0.3, -0.25) is 14.9 Å². The fraction of sp³-hybridized carbons (Fsp3) is 0.857. The Morgan fingerprint density at radius 2 is 1.84 bits per heavy atom. The van der Waals surface area contributed by atoms with Crippen LogP contribution in [0.5, 0.6) is 0 Å². The largest absolute Gasteiger partial charge is 0.464 e. The molecule has 0 bridgehead atoms. The van der Waals surface area contributed by atoms with E-state index in [1.165, 1.54) is 0 Å². The molecule has 0 aromatic heterocycles. The molecule has 2 atom stereocenters. The monoisotopic (exact) mass is 270 g/mol. The van der Waals surface area contributed by atoms with E-state index in [0.717, 1.165) is 0 Å². The molecule has 1 rings (SSSR count). The molecular weight excluding hydrogens is 244 g/mol. The highest BCUT2D eigenvalue weighted by Gasteiger charge is 2.38. The van der Waals surface area contributed by atoms with Crippen molar-refractivity contribution in [1.29, 1.82) is 0 Å². The molecule has 1 aliphatic rings. The molecule has 19 heavy (non-hydrogen) atoms. The minimum Gasteiger partial charge on any atom is -0.464 e. The summed E-state index contributed by atoms with van der Waals surface area (Å²) in [7, 11) is 0. The lowest BCUT2D eigenvalue weighted by Gasteiger charge is -2.34. The summed E-state index contributed by atoms with van der Waals surface area (Å²) in [5.41, 5.74) is -0.573. The molecule has 0 aliphatic carbocycles. The molecule has 1 aliphatic heterocycles. The molecule has 110 valence electrons. The number of cyclic esters (lactones) is 1. The highest BCUT2D eigenvalue weighted by molar-refractivity contribution is 5.85. The Bertz CT molecular complexity index is 353. The lowest BCUT2D eigenvalue weighted by molar-refractivity contribution is -0.140. The molecular formula is C14H26N2O3. The van der Waals surface area contributed by atoms with Gasteiger partial charge in [0.1, 0.15) is 6.04 Å². The Kier molecular flexibility index (Phi) is 4.61. The number of carbonyl (C=O) groups is 2. The van der Waals surface area contributed by atoms with Crippen LogP contribution in [0.15, 0.2) is 0 Å². The number of hydrogen-bond acceptors (Lipinski definition) is 4. The predicted octanol–water partition coefficient (Wildman–Crippen LogP) is 1.22. The molecule has 0 radical (unpaired) electrons. The Balaban J connectivity index is 2.78. The van der Waals surface area contributed by atoms with Gasteiger partial charge in [-0.15, -0.1) is 0 Å². The summed E-state index contributed by atoms with van der Waals surface area (Å²) in [5.74, 6) is -0.350. The van der Waals surface area contributed by atoms with E-state index >= 15 is 0 Å². The van der Waals surface area contributed by atoms with Gasteiger partial charge in [0.05, 0.1) is 12.6 Å². The van der Waals surface area contributed by atoms with Gasteiger partial charge in [0.2, 0.25) is 5.91 Å². The van der Waals surface area contributed by atoms with Crippen molar-refractivity contribution in [1.82, 2.24) is 10.6 Å². The standard InChI is InChI=1S/C14H26N2O3/c1-13(2,3)10(11(17)16-14(4,5)6)15-9-7-8-19-12(9)18/h9-10,15H,7-8H2,1-6H3,(H,16,17)/t9-,10+/m0/s1. The highest BCUT2D eigenvalue weighted by Crippen LogP contribution is 2.22. The molecule has 0 aromatic carbocycles. The Labute approximate surface area is 115 Å². The van der Waals surface area contributed by atoms with E-state index in [4.69, 9.17) is 4.74 Å². The van der Waals surface area contributed by atoms with Gasteiger partial charge in [-0.25, -0.2) is 0 Å². The third kappa shape index (κ3) is 4.82. The first kappa shape index (κ1) is 16.0. The maximum Gasteiger partial charge on any atom is 0.323 e. The van der Waals surface area contributed by atoms with Crippen LogP contribution in [0.4, 0.5) is 0 Å². The number of nitrogens with one attached hydrogen (secondary N) is 2. The zero-order chi connectivity index (χ0) is 14.8. The second-order valence-corrected chi connectivity index (χ2v) is 7.21. The minimum absolute atomic E-state index is 0.0836. The van der Waals surface area contributed by atoms with Crippen LogP contribution < -0.4 is 10.6 Å². The van der Waals surface area contributed by atoms with Gasteiger partial charge in [0, 0.05) is 12.0 Å². The molecule has 0 saturated carbocycles. The summed E-state index contributed by atoms with van der Waals surface area (Å²) in [5, 5.41) is 6.10. The van der Waals surface area contributed by atoms with E-state index in [0.29, 0.717) is 13.0 Å². The van der Waals surface area contributed by atoms with Crippen molar-refractivity contribution >= 4 is 11.9 Å². The van der Waals surface area contributed by atoms with Crippen LogP contribution in [-0.4, -0.2) is 36.1 Å². The molecule has 1 heterocycles. The second kappa shape index (κ2) is 5.49. The molecule has 5 heteroatoms. The van der Waals surface area contributed by atoms with Crippen LogP contribution >= 0.6 is 0 Å². The fourth-order valence-electron chi connectivity index (χ4n) is 2.01. The summed E-state index contributed by atoms with van der Waals surface area (Å²) in [4.78, 5) is 23.9. The fourth-order valence-corrected chi connectivity index (χ4v) is 2.01. The molecule has 1 fully saturated rings. The Hall–Kier alpha value is -1.10. The number of carbonyl (C=O) groups excluding carboxylic acids is 2. The van der Waals surface area contributed by atoms with Crippen LogP contribution in [0.2, 0.25) is 0 Å². The number of ether oxygens (including phenoxy) is 1. The highest BCUT2D eigenvalue weighted by atomic mass is 16.5. The number of amides is 1. The third-order valence-electron chi connectivity index (χ3n) is 2.93. The first-order valence-corrected chi connectivity index (χ1v) is 6.75. The SMILES string of the molecule is CC(C)(C)NC(=O)[C@@H](N[C@H]1CCOC1=O)C(C)(C)C. The summed E-state index contributed by atoms with van der Waals surface area (Å²) in [6.45, 7) is 12.2. The van der Waals surface area contributed by atoms with E-state index in [1.54, 1.807) is 0 Å². The Morgan fingerprint density at radius 3 is 2.21 bits per heavy atom. The lowest BCUT2D eigenvalue weighted by Crippen LogP contribution is -2.58. The number of esters is 1. The Morgan fingerprint density at radius 1 is 1.26 bits per heavy atom. The summed E-state index contributed by atoms with van der Waals surface area (Å²) in [6.07, 6.45) is 0.619. The van der Waals surface area contributed by atoms with Crippen LogP contribution in [0.25, 0.3) is 0 Å². The lowest BCUT2D eigenvalue weighted by atomic mass is 9.85. The van der Waals surface area contributed by atoms with E-state index in [-0.39, 0.29) is 28.9 Å². The molecule has 2 N–H and O–H groups in total. The van der Waals surface area contributed by atoms with Gasteiger partial charge in [0.15, 0.2) is 0 Å². The van der Waals surface area contributed by atoms with Gasteiger partial charge in [-0.1, -0.05) is 20.8 Å². The van der Waals surface area contributed by atoms with Gasteiger partial charge < -0.3 is 10.1 Å². The molecule has 0 spiro atoms. The van der Waals surface area contributed by atoms with Crippen molar-refractivity contribution in [3.8, 4) is 0 Å². The second-order valence-electron chi connectivity index (χ2n) is 7.21. The van der Waals surface area contributed by atoms with Crippen molar-refractivity contribution in [2.24, 2.45) is 5.41 Å². The van der Waals surface area contributed by atoms with Crippen LogP contribution in [0.3, 0.4) is 0 Å². The smallest absolute Gasteiger partial charge is 0.323 e. The summed E-state index contributed by atoms with van der Waals surface area (Å²) < 4.78 is 4.93. The van der Waals surface area contributed by atoms with Crippen LogP contribution in [0, 0.1) is 5.41 Å². The average Bonchev–Trinajstić information content (AvgIpc) is 2.55. The first-order valence-electron chi connectivity index (χ1n) is 6.75. The van der Waals surface area contributed by atoms with Crippen LogP contribution in [-0.2, 0) is 14.3 Å². The normalized spacial score (nSPS) is 22.0. The third-order valence-corrected chi connectivity index (χ3v) is 2.93. The van der Waals surface area contributed by atoms with Gasteiger partial charge >= 0.3 is 5.97 Å². The van der Waals surface area contributed by atoms with E-state index < -0.39 is 6.04 Å².